The van der Waals surface area contributed by atoms with Gasteiger partial charge in [-0.25, -0.2) is 8.78 Å². The molecule has 1 aliphatic heterocycles. The summed E-state index contributed by atoms with van der Waals surface area (Å²) in [4.78, 5) is 27.5. The summed E-state index contributed by atoms with van der Waals surface area (Å²) in [7, 11) is 0. The number of carbonyl (C=O) groups excluding carboxylic acids is 2. The van der Waals surface area contributed by atoms with E-state index >= 15 is 0 Å². The quantitative estimate of drug-likeness (QED) is 0.419. The highest BCUT2D eigenvalue weighted by molar-refractivity contribution is 6.30. The molecule has 1 aliphatic carbocycles. The predicted octanol–water partition coefficient (Wildman–Crippen LogP) is 5.76. The topological polar surface area (TPSA) is 49.4 Å². The summed E-state index contributed by atoms with van der Waals surface area (Å²) in [6, 6.07) is 4.12. The van der Waals surface area contributed by atoms with Crippen LogP contribution in [0.5, 0.6) is 0 Å². The molecule has 1 saturated carbocycles. The highest BCUT2D eigenvalue weighted by Crippen LogP contribution is 2.43. The van der Waals surface area contributed by atoms with E-state index in [9.17, 15) is 31.5 Å². The zero-order chi connectivity index (χ0) is 24.8. The first kappa shape index (κ1) is 24.4. The molecule has 1 N–H and O–H groups in total. The van der Waals surface area contributed by atoms with Gasteiger partial charge in [0, 0.05) is 17.7 Å². The maximum absolute atomic E-state index is 14.6. The monoisotopic (exact) mass is 500 g/mol. The second-order valence-electron chi connectivity index (χ2n) is 9.00. The lowest BCUT2D eigenvalue weighted by Gasteiger charge is -2.27. The highest BCUT2D eigenvalue weighted by Gasteiger charge is 2.42. The van der Waals surface area contributed by atoms with Crippen molar-refractivity contribution in [2.45, 2.75) is 44.4 Å². The van der Waals surface area contributed by atoms with Crippen LogP contribution in [0.25, 0.3) is 0 Å². The molecule has 2 aliphatic rings. The van der Waals surface area contributed by atoms with E-state index in [1.807, 2.05) is 6.92 Å². The van der Waals surface area contributed by atoms with Crippen molar-refractivity contribution in [1.82, 2.24) is 10.2 Å². The zero-order valence-electron chi connectivity index (χ0n) is 18.1. The van der Waals surface area contributed by atoms with Crippen LogP contribution in [-0.4, -0.2) is 29.3 Å². The molecular weight excluding hydrogens is 479 g/mol. The fourth-order valence-electron chi connectivity index (χ4n) is 4.42. The first-order valence-corrected chi connectivity index (χ1v) is 11.3. The van der Waals surface area contributed by atoms with E-state index in [-0.39, 0.29) is 34.5 Å². The molecule has 1 saturated heterocycles. The van der Waals surface area contributed by atoms with Gasteiger partial charge in [0.1, 0.15) is 17.7 Å². The Bertz CT molecular complexity index is 1120. The maximum atomic E-state index is 14.6. The third-order valence-electron chi connectivity index (χ3n) is 6.28. The average molecular weight is 501 g/mol. The van der Waals surface area contributed by atoms with Crippen molar-refractivity contribution in [3.63, 3.8) is 0 Å². The number of benzene rings is 2. The normalized spacial score (nSPS) is 21.4. The number of rotatable bonds is 5. The summed E-state index contributed by atoms with van der Waals surface area (Å²) in [6.07, 6.45) is -2.89. The van der Waals surface area contributed by atoms with Crippen molar-refractivity contribution in [3.8, 4) is 0 Å². The molecule has 182 valence electrons. The Kier molecular flexibility index (Phi) is 6.59. The molecule has 3 atom stereocenters. The van der Waals surface area contributed by atoms with E-state index in [0.29, 0.717) is 19.3 Å². The number of alkyl halides is 3. The lowest BCUT2D eigenvalue weighted by atomic mass is 10.00. The molecule has 10 heteroatoms. The third-order valence-corrected chi connectivity index (χ3v) is 6.57. The Labute approximate surface area is 198 Å². The largest absolute Gasteiger partial charge is 0.416 e. The molecule has 0 radical (unpaired) electrons. The van der Waals surface area contributed by atoms with E-state index < -0.39 is 47.3 Å². The van der Waals surface area contributed by atoms with Crippen molar-refractivity contribution < 1.29 is 31.5 Å². The highest BCUT2D eigenvalue weighted by atomic mass is 35.5. The van der Waals surface area contributed by atoms with Gasteiger partial charge in [-0.3, -0.25) is 9.59 Å². The number of likely N-dealkylation sites (tertiary alicyclic amines) is 1. The standard InChI is InChI=1S/C24H22ClF5N2O2/c1-12-7-20(32(11-12)23(34)14-3-2-4-15(8-14)24(28,29)30)22(33)31-21(13-5-6-13)16-9-19(27)17(25)10-18(16)26/h2-4,8-10,12-13,20-21H,5-7,11H2,1H3,(H,31,33)/t12-,20-,21-/m1/s1. The van der Waals surface area contributed by atoms with Crippen LogP contribution in [0.3, 0.4) is 0 Å². The Morgan fingerprint density at radius 1 is 1.12 bits per heavy atom. The summed E-state index contributed by atoms with van der Waals surface area (Å²) >= 11 is 5.65. The van der Waals surface area contributed by atoms with Crippen LogP contribution in [0.15, 0.2) is 36.4 Å². The fourth-order valence-corrected chi connectivity index (χ4v) is 4.57. The van der Waals surface area contributed by atoms with Gasteiger partial charge in [-0.2, -0.15) is 13.2 Å². The van der Waals surface area contributed by atoms with Crippen LogP contribution in [0.1, 0.15) is 53.7 Å². The number of hydrogen-bond donors (Lipinski definition) is 1. The molecule has 0 unspecified atom stereocenters. The predicted molar refractivity (Wildman–Crippen MR) is 115 cm³/mol. The van der Waals surface area contributed by atoms with Crippen LogP contribution < -0.4 is 5.32 Å². The van der Waals surface area contributed by atoms with Crippen LogP contribution in [0, 0.1) is 23.5 Å². The SMILES string of the molecule is C[C@@H]1C[C@H](C(=O)N[C@@H](c2cc(F)c(Cl)cc2F)C2CC2)N(C(=O)c2cccc(C(F)(F)F)c2)C1. The molecule has 1 heterocycles. The van der Waals surface area contributed by atoms with Gasteiger partial charge in [0.25, 0.3) is 5.91 Å². The first-order valence-electron chi connectivity index (χ1n) is 10.9. The average Bonchev–Trinajstić information content (AvgIpc) is 3.54. The van der Waals surface area contributed by atoms with Gasteiger partial charge in [-0.15, -0.1) is 0 Å². The summed E-state index contributed by atoms with van der Waals surface area (Å²) in [6.45, 7) is 2.01. The van der Waals surface area contributed by atoms with Crippen LogP contribution in [-0.2, 0) is 11.0 Å². The Balaban J connectivity index is 1.57. The fraction of sp³-hybridized carbons (Fsp3) is 0.417. The van der Waals surface area contributed by atoms with Crippen molar-refractivity contribution >= 4 is 23.4 Å². The first-order chi connectivity index (χ1) is 16.0. The molecule has 2 aromatic rings. The summed E-state index contributed by atoms with van der Waals surface area (Å²) < 4.78 is 67.9. The van der Waals surface area contributed by atoms with E-state index in [1.54, 1.807) is 0 Å². The lowest BCUT2D eigenvalue weighted by Crippen LogP contribution is -2.47. The van der Waals surface area contributed by atoms with Crippen LogP contribution >= 0.6 is 11.6 Å². The molecule has 0 aromatic heterocycles. The Morgan fingerprint density at radius 3 is 2.47 bits per heavy atom. The molecular formula is C24H22ClF5N2O2. The van der Waals surface area contributed by atoms with E-state index in [2.05, 4.69) is 5.32 Å². The number of amides is 2. The maximum Gasteiger partial charge on any atom is 0.416 e. The molecule has 0 bridgehead atoms. The van der Waals surface area contributed by atoms with Gasteiger partial charge in [-0.1, -0.05) is 24.6 Å². The lowest BCUT2D eigenvalue weighted by molar-refractivity contribution is -0.137. The van der Waals surface area contributed by atoms with Gasteiger partial charge in [0.2, 0.25) is 5.91 Å². The van der Waals surface area contributed by atoms with Gasteiger partial charge in [0.15, 0.2) is 0 Å². The van der Waals surface area contributed by atoms with E-state index in [0.717, 1.165) is 30.3 Å². The molecule has 4 rings (SSSR count). The minimum atomic E-state index is -4.61. The van der Waals surface area contributed by atoms with Crippen LogP contribution in [0.4, 0.5) is 22.0 Å². The molecule has 2 aromatic carbocycles. The molecule has 4 nitrogen and oxygen atoms in total. The van der Waals surface area contributed by atoms with E-state index in [4.69, 9.17) is 11.6 Å². The Hall–Kier alpha value is -2.68. The number of nitrogens with one attached hydrogen (secondary N) is 1. The van der Waals surface area contributed by atoms with Crippen molar-refractivity contribution in [3.05, 3.63) is 69.7 Å². The van der Waals surface area contributed by atoms with Gasteiger partial charge < -0.3 is 10.2 Å². The number of nitrogens with zero attached hydrogens (tertiary/aromatic N) is 1. The number of carbonyl (C=O) groups is 2. The summed E-state index contributed by atoms with van der Waals surface area (Å²) in [5, 5.41) is 2.38. The summed E-state index contributed by atoms with van der Waals surface area (Å²) in [5.74, 6) is -2.98. The van der Waals surface area contributed by atoms with Gasteiger partial charge in [0.05, 0.1) is 16.6 Å². The second-order valence-corrected chi connectivity index (χ2v) is 9.41. The molecule has 34 heavy (non-hydrogen) atoms. The summed E-state index contributed by atoms with van der Waals surface area (Å²) in [5.41, 5.74) is -1.16. The zero-order valence-corrected chi connectivity index (χ0v) is 18.9. The Morgan fingerprint density at radius 2 is 1.82 bits per heavy atom. The number of hydrogen-bond acceptors (Lipinski definition) is 2. The van der Waals surface area contributed by atoms with Gasteiger partial charge >= 0.3 is 6.18 Å². The van der Waals surface area contributed by atoms with Crippen molar-refractivity contribution in [1.29, 1.82) is 0 Å². The van der Waals surface area contributed by atoms with Crippen molar-refractivity contribution in [2.75, 3.05) is 6.54 Å². The van der Waals surface area contributed by atoms with E-state index in [1.165, 1.54) is 11.0 Å². The molecule has 0 spiro atoms. The smallest absolute Gasteiger partial charge is 0.347 e. The minimum Gasteiger partial charge on any atom is -0.347 e. The minimum absolute atomic E-state index is 0.0282. The van der Waals surface area contributed by atoms with Crippen molar-refractivity contribution in [2.24, 2.45) is 11.8 Å². The second kappa shape index (κ2) is 9.17. The van der Waals surface area contributed by atoms with Crippen LogP contribution in [0.2, 0.25) is 5.02 Å². The number of halogens is 6. The molecule has 2 fully saturated rings. The van der Waals surface area contributed by atoms with Gasteiger partial charge in [-0.05, 0) is 61.4 Å². The molecule has 2 amide bonds. The third kappa shape index (κ3) is 5.04.